The molecule has 20 heavy (non-hydrogen) atoms. The van der Waals surface area contributed by atoms with E-state index in [1.165, 1.54) is 22.9 Å². The van der Waals surface area contributed by atoms with Crippen molar-refractivity contribution in [2.45, 2.75) is 43.2 Å². The summed E-state index contributed by atoms with van der Waals surface area (Å²) in [6.07, 6.45) is 1.36. The van der Waals surface area contributed by atoms with Gasteiger partial charge in [0.2, 0.25) is 9.84 Å². The monoisotopic (exact) mass is 294 g/mol. The number of aryl methyl sites for hydroxylation is 1. The number of aromatic nitrogens is 2. The number of nitrogens with one attached hydrogen (secondary N) is 1. The van der Waals surface area contributed by atoms with E-state index in [1.54, 1.807) is 12.1 Å². The predicted octanol–water partition coefficient (Wildman–Crippen LogP) is 2.07. The van der Waals surface area contributed by atoms with Crippen molar-refractivity contribution in [1.82, 2.24) is 9.55 Å². The summed E-state index contributed by atoms with van der Waals surface area (Å²) < 4.78 is 26.3. The van der Waals surface area contributed by atoms with Crippen molar-refractivity contribution in [3.63, 3.8) is 0 Å². The fourth-order valence-electron chi connectivity index (χ4n) is 1.85. The summed E-state index contributed by atoms with van der Waals surface area (Å²) >= 11 is 0. The molecule has 1 heterocycles. The molecule has 0 atom stereocenters. The minimum absolute atomic E-state index is 0.0821. The number of hydrogen-bond acceptors (Lipinski definition) is 3. The van der Waals surface area contributed by atoms with Gasteiger partial charge in [-0.15, -0.1) is 0 Å². The summed E-state index contributed by atoms with van der Waals surface area (Å²) in [6, 6.07) is 6.53. The standard InChI is InChI=1S/C14H18N2O3S/c1-10-5-7-11(8-6-10)20(18,19)12-9-16(13(17)15-12)14(2,3)4/h5-9H,1-4H3,(H,15,17). The molecule has 0 amide bonds. The van der Waals surface area contributed by atoms with Crippen LogP contribution in [0.5, 0.6) is 0 Å². The number of benzene rings is 1. The number of aromatic amines is 1. The summed E-state index contributed by atoms with van der Waals surface area (Å²) in [5.41, 5.74) is 0.0714. The van der Waals surface area contributed by atoms with Crippen molar-refractivity contribution in [3.05, 3.63) is 46.5 Å². The third-order valence-corrected chi connectivity index (χ3v) is 4.72. The lowest BCUT2D eigenvalue weighted by Gasteiger charge is -2.18. The van der Waals surface area contributed by atoms with Crippen LogP contribution in [-0.4, -0.2) is 18.0 Å². The SMILES string of the molecule is Cc1ccc(S(=O)(=O)c2cn(C(C)(C)C)c(=O)[nH]2)cc1. The fraction of sp³-hybridized carbons (Fsp3) is 0.357. The van der Waals surface area contributed by atoms with Crippen molar-refractivity contribution < 1.29 is 8.42 Å². The number of imidazole rings is 1. The third kappa shape index (κ3) is 2.56. The van der Waals surface area contributed by atoms with E-state index >= 15 is 0 Å². The van der Waals surface area contributed by atoms with Crippen LogP contribution in [-0.2, 0) is 15.4 Å². The molecule has 2 rings (SSSR count). The minimum Gasteiger partial charge on any atom is -0.296 e. The smallest absolute Gasteiger partial charge is 0.296 e. The van der Waals surface area contributed by atoms with Gasteiger partial charge in [0.25, 0.3) is 0 Å². The maximum atomic E-state index is 12.5. The molecule has 0 bridgehead atoms. The normalized spacial score (nSPS) is 12.6. The van der Waals surface area contributed by atoms with Gasteiger partial charge in [-0.1, -0.05) is 17.7 Å². The average molecular weight is 294 g/mol. The molecule has 6 heteroatoms. The molecule has 0 aliphatic heterocycles. The zero-order chi connectivity index (χ0) is 15.1. The highest BCUT2D eigenvalue weighted by molar-refractivity contribution is 7.91. The Morgan fingerprint density at radius 2 is 1.65 bits per heavy atom. The Kier molecular flexibility index (Phi) is 3.37. The van der Waals surface area contributed by atoms with Gasteiger partial charge in [-0.2, -0.15) is 0 Å². The van der Waals surface area contributed by atoms with Gasteiger partial charge in [-0.25, -0.2) is 13.2 Å². The van der Waals surface area contributed by atoms with Gasteiger partial charge in [0.15, 0.2) is 5.03 Å². The second-order valence-electron chi connectivity index (χ2n) is 5.78. The van der Waals surface area contributed by atoms with E-state index < -0.39 is 21.1 Å². The van der Waals surface area contributed by atoms with Crippen LogP contribution in [0.1, 0.15) is 26.3 Å². The molecule has 0 saturated carbocycles. The van der Waals surface area contributed by atoms with Crippen molar-refractivity contribution >= 4 is 9.84 Å². The Balaban J connectivity index is 2.56. The number of hydrogen-bond donors (Lipinski definition) is 1. The van der Waals surface area contributed by atoms with Crippen molar-refractivity contribution in [3.8, 4) is 0 Å². The number of rotatable bonds is 2. The van der Waals surface area contributed by atoms with Crippen LogP contribution in [0.15, 0.2) is 45.2 Å². The molecule has 0 unspecified atom stereocenters. The first-order valence-electron chi connectivity index (χ1n) is 6.26. The highest BCUT2D eigenvalue weighted by Gasteiger charge is 2.24. The molecule has 1 N–H and O–H groups in total. The van der Waals surface area contributed by atoms with Crippen molar-refractivity contribution in [2.24, 2.45) is 0 Å². The Morgan fingerprint density at radius 1 is 1.10 bits per heavy atom. The molecular weight excluding hydrogens is 276 g/mol. The lowest BCUT2D eigenvalue weighted by atomic mass is 10.1. The molecule has 5 nitrogen and oxygen atoms in total. The zero-order valence-corrected chi connectivity index (χ0v) is 12.8. The molecule has 108 valence electrons. The lowest BCUT2D eigenvalue weighted by Crippen LogP contribution is -2.31. The fourth-order valence-corrected chi connectivity index (χ4v) is 3.07. The van der Waals surface area contributed by atoms with Gasteiger partial charge >= 0.3 is 5.69 Å². The first kappa shape index (κ1) is 14.6. The second kappa shape index (κ2) is 4.63. The summed E-state index contributed by atoms with van der Waals surface area (Å²) in [5.74, 6) is 0. The largest absolute Gasteiger partial charge is 0.327 e. The summed E-state index contributed by atoms with van der Waals surface area (Å²) in [7, 11) is -3.69. The maximum Gasteiger partial charge on any atom is 0.327 e. The maximum absolute atomic E-state index is 12.5. The van der Waals surface area contributed by atoms with E-state index in [1.807, 2.05) is 27.7 Å². The van der Waals surface area contributed by atoms with Gasteiger partial charge < -0.3 is 0 Å². The van der Waals surface area contributed by atoms with Crippen molar-refractivity contribution in [2.75, 3.05) is 0 Å². The van der Waals surface area contributed by atoms with Crippen molar-refractivity contribution in [1.29, 1.82) is 0 Å². The highest BCUT2D eigenvalue weighted by Crippen LogP contribution is 2.20. The Labute approximate surface area is 118 Å². The van der Waals surface area contributed by atoms with E-state index in [-0.39, 0.29) is 9.92 Å². The van der Waals surface area contributed by atoms with E-state index in [0.717, 1.165) is 5.56 Å². The Hall–Kier alpha value is -1.82. The molecule has 0 aliphatic rings. The molecule has 1 aromatic carbocycles. The lowest BCUT2D eigenvalue weighted by molar-refractivity contribution is 0.385. The van der Waals surface area contributed by atoms with Gasteiger partial charge in [-0.05, 0) is 39.8 Å². The minimum atomic E-state index is -3.69. The number of H-pyrrole nitrogens is 1. The van der Waals surface area contributed by atoms with Crippen LogP contribution in [0.3, 0.4) is 0 Å². The van der Waals surface area contributed by atoms with Crippen LogP contribution >= 0.6 is 0 Å². The van der Waals surface area contributed by atoms with Gasteiger partial charge in [0.1, 0.15) is 0 Å². The molecule has 0 spiro atoms. The third-order valence-electron chi connectivity index (χ3n) is 3.04. The zero-order valence-electron chi connectivity index (χ0n) is 12.0. The highest BCUT2D eigenvalue weighted by atomic mass is 32.2. The topological polar surface area (TPSA) is 71.9 Å². The van der Waals surface area contributed by atoms with Crippen LogP contribution in [0, 0.1) is 6.92 Å². The molecule has 0 fully saturated rings. The Morgan fingerprint density at radius 3 is 2.10 bits per heavy atom. The van der Waals surface area contributed by atoms with Crippen LogP contribution in [0.4, 0.5) is 0 Å². The first-order valence-corrected chi connectivity index (χ1v) is 7.74. The summed E-state index contributed by atoms with van der Waals surface area (Å²) in [6.45, 7) is 7.40. The van der Waals surface area contributed by atoms with Crippen LogP contribution < -0.4 is 5.69 Å². The van der Waals surface area contributed by atoms with Gasteiger partial charge in [0, 0.05) is 11.7 Å². The molecule has 2 aromatic rings. The van der Waals surface area contributed by atoms with Gasteiger partial charge in [0.05, 0.1) is 4.90 Å². The first-order chi connectivity index (χ1) is 9.12. The predicted molar refractivity (Wildman–Crippen MR) is 76.7 cm³/mol. The molecular formula is C14H18N2O3S. The summed E-state index contributed by atoms with van der Waals surface area (Å²) in [4.78, 5) is 14.5. The molecule has 0 aliphatic carbocycles. The molecule has 0 radical (unpaired) electrons. The van der Waals surface area contributed by atoms with E-state index in [9.17, 15) is 13.2 Å². The van der Waals surface area contributed by atoms with Gasteiger partial charge in [-0.3, -0.25) is 9.55 Å². The number of nitrogens with zero attached hydrogens (tertiary/aromatic N) is 1. The summed E-state index contributed by atoms with van der Waals surface area (Å²) in [5, 5.41) is -0.0821. The Bertz CT molecular complexity index is 775. The molecule has 1 aromatic heterocycles. The molecule has 0 saturated heterocycles. The second-order valence-corrected chi connectivity index (χ2v) is 7.70. The number of sulfone groups is 1. The van der Waals surface area contributed by atoms with E-state index in [2.05, 4.69) is 4.98 Å². The van der Waals surface area contributed by atoms with Crippen LogP contribution in [0.2, 0.25) is 0 Å². The van der Waals surface area contributed by atoms with E-state index in [4.69, 9.17) is 0 Å². The van der Waals surface area contributed by atoms with Crippen LogP contribution in [0.25, 0.3) is 0 Å². The quantitative estimate of drug-likeness (QED) is 0.921. The average Bonchev–Trinajstić information content (AvgIpc) is 2.72. The van der Waals surface area contributed by atoms with E-state index in [0.29, 0.717) is 0 Å².